The highest BCUT2D eigenvalue weighted by atomic mass is 127. The maximum Gasteiger partial charge on any atom is 0.390 e. The molecule has 0 amide bonds. The Morgan fingerprint density at radius 1 is 1.20 bits per heavy atom. The van der Waals surface area contributed by atoms with E-state index >= 15 is 0 Å². The third kappa shape index (κ3) is 15.8. The molecule has 2 N–H and O–H groups in total. The van der Waals surface area contributed by atoms with Gasteiger partial charge in [0.1, 0.15) is 0 Å². The van der Waals surface area contributed by atoms with Crippen molar-refractivity contribution >= 4 is 29.9 Å². The molecule has 0 saturated heterocycles. The van der Waals surface area contributed by atoms with Crippen molar-refractivity contribution in [3.05, 3.63) is 0 Å². The lowest BCUT2D eigenvalue weighted by Gasteiger charge is -2.13. The Kier molecular flexibility index (Phi) is 13.8. The van der Waals surface area contributed by atoms with Gasteiger partial charge in [0.25, 0.3) is 0 Å². The molecule has 0 aromatic carbocycles. The molecule has 0 rings (SSSR count). The van der Waals surface area contributed by atoms with Gasteiger partial charge in [0.2, 0.25) is 0 Å². The van der Waals surface area contributed by atoms with Crippen LogP contribution in [-0.4, -0.2) is 45.5 Å². The lowest BCUT2D eigenvalue weighted by Crippen LogP contribution is -2.39. The molecule has 20 heavy (non-hydrogen) atoms. The highest BCUT2D eigenvalue weighted by Crippen LogP contribution is 2.17. The fraction of sp³-hybridized carbons (Fsp3) is 0.917. The predicted octanol–water partition coefficient (Wildman–Crippen LogP) is 2.78. The second-order valence-electron chi connectivity index (χ2n) is 4.61. The zero-order valence-electron chi connectivity index (χ0n) is 12.2. The summed E-state index contributed by atoms with van der Waals surface area (Å²) in [5.41, 5.74) is 0. The molecule has 0 unspecified atom stereocenters. The quantitative estimate of drug-likeness (QED) is 0.280. The molecule has 4 nitrogen and oxygen atoms in total. The summed E-state index contributed by atoms with van der Waals surface area (Å²) >= 11 is 0. The standard InChI is InChI=1S/C12H24F3N3O.HI/c1-10(2)9-19-8-4-6-17-11(16-3)18-7-5-12(13,14)15;/h10H,4-9H2,1-3H3,(H2,16,17,18);1H. The summed E-state index contributed by atoms with van der Waals surface area (Å²) in [6.07, 6.45) is -4.23. The lowest BCUT2D eigenvalue weighted by molar-refractivity contribution is -0.132. The van der Waals surface area contributed by atoms with Crippen LogP contribution in [0, 0.1) is 5.92 Å². The van der Waals surface area contributed by atoms with Crippen LogP contribution in [0.2, 0.25) is 0 Å². The highest BCUT2D eigenvalue weighted by molar-refractivity contribution is 14.0. The van der Waals surface area contributed by atoms with Crippen molar-refractivity contribution < 1.29 is 17.9 Å². The van der Waals surface area contributed by atoms with E-state index in [0.717, 1.165) is 13.0 Å². The monoisotopic (exact) mass is 411 g/mol. The molecule has 0 heterocycles. The van der Waals surface area contributed by atoms with Crippen LogP contribution >= 0.6 is 24.0 Å². The number of hydrogen-bond acceptors (Lipinski definition) is 2. The normalized spacial score (nSPS) is 12.2. The molecule has 0 saturated carbocycles. The van der Waals surface area contributed by atoms with E-state index in [4.69, 9.17) is 4.74 Å². The number of guanidine groups is 1. The van der Waals surface area contributed by atoms with Gasteiger partial charge in [-0.1, -0.05) is 13.8 Å². The first-order chi connectivity index (χ1) is 8.85. The van der Waals surface area contributed by atoms with E-state index in [-0.39, 0.29) is 30.5 Å². The van der Waals surface area contributed by atoms with Crippen LogP contribution in [0.4, 0.5) is 13.2 Å². The maximum absolute atomic E-state index is 11.9. The first kappa shape index (κ1) is 22.0. The van der Waals surface area contributed by atoms with Crippen molar-refractivity contribution in [2.45, 2.75) is 32.9 Å². The minimum absolute atomic E-state index is 0. The molecule has 0 radical (unpaired) electrons. The van der Waals surface area contributed by atoms with Crippen molar-refractivity contribution in [1.82, 2.24) is 10.6 Å². The number of ether oxygens (including phenoxy) is 1. The van der Waals surface area contributed by atoms with E-state index in [1.54, 1.807) is 0 Å². The molecule has 0 aromatic heterocycles. The Hall–Kier alpha value is -0.250. The number of nitrogens with zero attached hydrogens (tertiary/aromatic N) is 1. The third-order valence-corrected chi connectivity index (χ3v) is 2.13. The summed E-state index contributed by atoms with van der Waals surface area (Å²) in [6, 6.07) is 0. The Morgan fingerprint density at radius 2 is 1.80 bits per heavy atom. The van der Waals surface area contributed by atoms with Crippen molar-refractivity contribution in [2.75, 3.05) is 33.4 Å². The van der Waals surface area contributed by atoms with Gasteiger partial charge in [-0.2, -0.15) is 13.2 Å². The Morgan fingerprint density at radius 3 is 2.30 bits per heavy atom. The molecule has 0 fully saturated rings. The first-order valence-electron chi connectivity index (χ1n) is 6.44. The lowest BCUT2D eigenvalue weighted by atomic mass is 10.2. The SMILES string of the molecule is CN=C(NCCCOCC(C)C)NCCC(F)(F)F.I. The summed E-state index contributed by atoms with van der Waals surface area (Å²) in [7, 11) is 1.53. The van der Waals surface area contributed by atoms with E-state index in [0.29, 0.717) is 25.0 Å². The number of rotatable bonds is 8. The van der Waals surface area contributed by atoms with E-state index in [1.807, 2.05) is 0 Å². The minimum atomic E-state index is -4.14. The number of halogens is 4. The number of aliphatic imine (C=N–C) groups is 1. The molecule has 0 aliphatic carbocycles. The zero-order valence-corrected chi connectivity index (χ0v) is 14.5. The Balaban J connectivity index is 0. The molecule has 0 spiro atoms. The van der Waals surface area contributed by atoms with Gasteiger partial charge in [-0.05, 0) is 12.3 Å². The van der Waals surface area contributed by atoms with E-state index in [9.17, 15) is 13.2 Å². The van der Waals surface area contributed by atoms with Gasteiger partial charge in [0.05, 0.1) is 6.42 Å². The van der Waals surface area contributed by atoms with Crippen molar-refractivity contribution in [3.8, 4) is 0 Å². The van der Waals surface area contributed by atoms with Gasteiger partial charge in [-0.15, -0.1) is 24.0 Å². The number of alkyl halides is 3. The van der Waals surface area contributed by atoms with E-state index < -0.39 is 12.6 Å². The van der Waals surface area contributed by atoms with Gasteiger partial charge in [-0.3, -0.25) is 4.99 Å². The van der Waals surface area contributed by atoms with Crippen molar-refractivity contribution in [3.63, 3.8) is 0 Å². The molecular weight excluding hydrogens is 386 g/mol. The number of nitrogens with one attached hydrogen (secondary N) is 2. The molecule has 122 valence electrons. The second-order valence-corrected chi connectivity index (χ2v) is 4.61. The van der Waals surface area contributed by atoms with Crippen LogP contribution in [0.15, 0.2) is 4.99 Å². The summed E-state index contributed by atoms with van der Waals surface area (Å²) in [6.45, 7) is 5.94. The van der Waals surface area contributed by atoms with Gasteiger partial charge in [-0.25, -0.2) is 0 Å². The van der Waals surface area contributed by atoms with Crippen LogP contribution < -0.4 is 10.6 Å². The molecule has 0 aliphatic rings. The van der Waals surface area contributed by atoms with Crippen LogP contribution in [0.3, 0.4) is 0 Å². The van der Waals surface area contributed by atoms with Crippen LogP contribution in [-0.2, 0) is 4.74 Å². The average Bonchev–Trinajstić information content (AvgIpc) is 2.29. The molecule has 0 bridgehead atoms. The fourth-order valence-corrected chi connectivity index (χ4v) is 1.24. The topological polar surface area (TPSA) is 45.7 Å². The molecule has 0 aromatic rings. The molecule has 0 atom stereocenters. The zero-order chi connectivity index (χ0) is 14.7. The van der Waals surface area contributed by atoms with Crippen molar-refractivity contribution in [2.24, 2.45) is 10.9 Å². The molecular formula is C12H25F3IN3O. The highest BCUT2D eigenvalue weighted by Gasteiger charge is 2.26. The van der Waals surface area contributed by atoms with Crippen LogP contribution in [0.1, 0.15) is 26.7 Å². The maximum atomic E-state index is 11.9. The summed E-state index contributed by atoms with van der Waals surface area (Å²) in [5, 5.41) is 5.55. The van der Waals surface area contributed by atoms with Crippen molar-refractivity contribution in [1.29, 1.82) is 0 Å². The minimum Gasteiger partial charge on any atom is -0.381 e. The summed E-state index contributed by atoms with van der Waals surface area (Å²) in [5.74, 6) is 0.887. The smallest absolute Gasteiger partial charge is 0.381 e. The average molecular weight is 411 g/mol. The van der Waals surface area contributed by atoms with Gasteiger partial charge >= 0.3 is 6.18 Å². The number of hydrogen-bond donors (Lipinski definition) is 2. The Bertz CT molecular complexity index is 261. The van der Waals surface area contributed by atoms with Crippen LogP contribution in [0.5, 0.6) is 0 Å². The second kappa shape index (κ2) is 12.5. The molecule has 8 heteroatoms. The first-order valence-corrected chi connectivity index (χ1v) is 6.44. The van der Waals surface area contributed by atoms with Crippen LogP contribution in [0.25, 0.3) is 0 Å². The van der Waals surface area contributed by atoms with Gasteiger partial charge < -0.3 is 15.4 Å². The van der Waals surface area contributed by atoms with Gasteiger partial charge in [0.15, 0.2) is 5.96 Å². The van der Waals surface area contributed by atoms with Gasteiger partial charge in [0, 0.05) is 33.4 Å². The fourth-order valence-electron chi connectivity index (χ4n) is 1.24. The third-order valence-electron chi connectivity index (χ3n) is 2.13. The molecule has 0 aliphatic heterocycles. The predicted molar refractivity (Wildman–Crippen MR) is 85.7 cm³/mol. The Labute approximate surface area is 136 Å². The largest absolute Gasteiger partial charge is 0.390 e. The van der Waals surface area contributed by atoms with E-state index in [2.05, 4.69) is 29.5 Å². The summed E-state index contributed by atoms with van der Waals surface area (Å²) in [4.78, 5) is 3.84. The summed E-state index contributed by atoms with van der Waals surface area (Å²) < 4.78 is 41.2. The van der Waals surface area contributed by atoms with E-state index in [1.165, 1.54) is 7.05 Å².